The number of piperidine rings is 1. The first kappa shape index (κ1) is 22.5. The van der Waals surface area contributed by atoms with E-state index in [2.05, 4.69) is 16.0 Å². The van der Waals surface area contributed by atoms with Crippen LogP contribution in [0.1, 0.15) is 39.2 Å². The maximum absolute atomic E-state index is 12.5. The van der Waals surface area contributed by atoms with Crippen LogP contribution >= 0.6 is 11.6 Å². The Hall–Kier alpha value is -2.73. The Labute approximate surface area is 194 Å². The van der Waals surface area contributed by atoms with Crippen LogP contribution in [0, 0.1) is 5.92 Å². The monoisotopic (exact) mass is 454 g/mol. The Morgan fingerprint density at radius 3 is 2.72 bits per heavy atom. The second-order valence-corrected chi connectivity index (χ2v) is 9.82. The van der Waals surface area contributed by atoms with Crippen LogP contribution in [0.15, 0.2) is 48.5 Å². The van der Waals surface area contributed by atoms with Crippen molar-refractivity contribution in [3.05, 3.63) is 59.1 Å². The Morgan fingerprint density at radius 1 is 1.19 bits per heavy atom. The lowest BCUT2D eigenvalue weighted by atomic mass is 9.98. The summed E-state index contributed by atoms with van der Waals surface area (Å²) in [5.74, 6) is 1.16. The van der Waals surface area contributed by atoms with E-state index in [4.69, 9.17) is 21.3 Å². The molecule has 7 heteroatoms. The predicted octanol–water partition coefficient (Wildman–Crippen LogP) is 5.80. The van der Waals surface area contributed by atoms with Crippen molar-refractivity contribution in [3.8, 4) is 0 Å². The molecule has 6 nitrogen and oxygen atoms in total. The minimum absolute atomic E-state index is 0.229. The van der Waals surface area contributed by atoms with Gasteiger partial charge in [0.2, 0.25) is 5.95 Å². The molecular formula is C25H31ClN4O2. The molecule has 1 aliphatic heterocycles. The van der Waals surface area contributed by atoms with Gasteiger partial charge in [0, 0.05) is 24.7 Å². The number of anilines is 1. The second-order valence-electron chi connectivity index (χ2n) is 9.42. The van der Waals surface area contributed by atoms with Crippen molar-refractivity contribution >= 4 is 34.7 Å². The van der Waals surface area contributed by atoms with E-state index in [-0.39, 0.29) is 6.09 Å². The molecule has 0 radical (unpaired) electrons. The molecule has 4 rings (SSSR count). The summed E-state index contributed by atoms with van der Waals surface area (Å²) in [5, 5.41) is 4.30. The second kappa shape index (κ2) is 9.41. The standard InChI is InChI=1S/C25H31ClN4O2/c1-25(2,3)32-24(31)29-14-8-9-18(16-29)15-27-23-28-21-12-6-7-13-22(21)30(23)17-19-10-4-5-11-20(19)26/h4-7,10-13,18H,8-9,14-17H2,1-3H3,(H,27,28). The van der Waals surface area contributed by atoms with Crippen LogP contribution in [0.5, 0.6) is 0 Å². The zero-order chi connectivity index (χ0) is 22.7. The van der Waals surface area contributed by atoms with Crippen molar-refractivity contribution in [2.45, 2.75) is 45.8 Å². The third-order valence-electron chi connectivity index (χ3n) is 5.66. The summed E-state index contributed by atoms with van der Waals surface area (Å²) in [5.41, 5.74) is 2.58. The lowest BCUT2D eigenvalue weighted by molar-refractivity contribution is 0.0172. The van der Waals surface area contributed by atoms with Gasteiger partial charge in [-0.3, -0.25) is 0 Å². The van der Waals surface area contributed by atoms with Gasteiger partial charge in [0.05, 0.1) is 17.6 Å². The SMILES string of the molecule is CC(C)(C)OC(=O)N1CCCC(CNc2nc3ccccc3n2Cc2ccccc2Cl)C1. The smallest absolute Gasteiger partial charge is 0.410 e. The average molecular weight is 455 g/mol. The van der Waals surface area contributed by atoms with Crippen LogP contribution in [0.3, 0.4) is 0 Å². The third kappa shape index (κ3) is 5.36. The number of nitrogens with zero attached hydrogens (tertiary/aromatic N) is 3. The summed E-state index contributed by atoms with van der Waals surface area (Å²) >= 11 is 6.43. The van der Waals surface area contributed by atoms with Gasteiger partial charge < -0.3 is 19.5 Å². The van der Waals surface area contributed by atoms with Gasteiger partial charge in [-0.2, -0.15) is 0 Å². The first-order chi connectivity index (χ1) is 15.3. The molecule has 1 fully saturated rings. The number of imidazole rings is 1. The number of para-hydroxylation sites is 2. The van der Waals surface area contributed by atoms with Crippen LogP contribution in [-0.2, 0) is 11.3 Å². The lowest BCUT2D eigenvalue weighted by Crippen LogP contribution is -2.44. The topological polar surface area (TPSA) is 59.4 Å². The number of ether oxygens (including phenoxy) is 1. The highest BCUT2D eigenvalue weighted by Gasteiger charge is 2.27. The van der Waals surface area contributed by atoms with E-state index in [0.717, 1.165) is 53.5 Å². The molecule has 1 saturated heterocycles. The molecule has 1 amide bonds. The fourth-order valence-electron chi connectivity index (χ4n) is 4.13. The summed E-state index contributed by atoms with van der Waals surface area (Å²) in [6.07, 6.45) is 1.81. The van der Waals surface area contributed by atoms with E-state index >= 15 is 0 Å². The number of nitrogens with one attached hydrogen (secondary N) is 1. The molecule has 1 aliphatic rings. The maximum Gasteiger partial charge on any atom is 0.410 e. The van der Waals surface area contributed by atoms with Gasteiger partial charge in [-0.15, -0.1) is 0 Å². The van der Waals surface area contributed by atoms with Crippen LogP contribution in [0.2, 0.25) is 5.02 Å². The van der Waals surface area contributed by atoms with Gasteiger partial charge in [0.15, 0.2) is 0 Å². The minimum Gasteiger partial charge on any atom is -0.444 e. The minimum atomic E-state index is -0.480. The van der Waals surface area contributed by atoms with Gasteiger partial charge >= 0.3 is 6.09 Å². The van der Waals surface area contributed by atoms with Crippen molar-refractivity contribution in [2.75, 3.05) is 25.0 Å². The zero-order valence-corrected chi connectivity index (χ0v) is 19.7. The maximum atomic E-state index is 12.5. The number of hydrogen-bond donors (Lipinski definition) is 1. The first-order valence-corrected chi connectivity index (χ1v) is 11.6. The summed E-state index contributed by atoms with van der Waals surface area (Å²) in [6.45, 7) is 8.51. The van der Waals surface area contributed by atoms with Crippen molar-refractivity contribution in [3.63, 3.8) is 0 Å². The predicted molar refractivity (Wildman–Crippen MR) is 129 cm³/mol. The Bertz CT molecular complexity index is 1090. The van der Waals surface area contributed by atoms with E-state index in [1.54, 1.807) is 0 Å². The Morgan fingerprint density at radius 2 is 1.94 bits per heavy atom. The van der Waals surface area contributed by atoms with Gasteiger partial charge in [0.25, 0.3) is 0 Å². The highest BCUT2D eigenvalue weighted by atomic mass is 35.5. The number of hydrogen-bond acceptors (Lipinski definition) is 4. The number of halogens is 1. The summed E-state index contributed by atoms with van der Waals surface area (Å²) in [4.78, 5) is 19.2. The fraction of sp³-hybridized carbons (Fsp3) is 0.440. The molecule has 1 unspecified atom stereocenters. The molecule has 170 valence electrons. The molecule has 2 aromatic carbocycles. The molecule has 1 N–H and O–H groups in total. The van der Waals surface area contributed by atoms with E-state index in [1.165, 1.54) is 0 Å². The van der Waals surface area contributed by atoms with E-state index in [1.807, 2.05) is 68.1 Å². The number of aromatic nitrogens is 2. The van der Waals surface area contributed by atoms with Crippen LogP contribution in [-0.4, -0.2) is 45.8 Å². The molecule has 2 heterocycles. The summed E-state index contributed by atoms with van der Waals surface area (Å²) in [6, 6.07) is 16.0. The lowest BCUT2D eigenvalue weighted by Gasteiger charge is -2.34. The Kier molecular flexibility index (Phi) is 6.60. The van der Waals surface area contributed by atoms with Crippen LogP contribution in [0.25, 0.3) is 11.0 Å². The molecule has 0 spiro atoms. The molecule has 1 aromatic heterocycles. The number of carbonyl (C=O) groups is 1. The van der Waals surface area contributed by atoms with Crippen molar-refractivity contribution < 1.29 is 9.53 Å². The molecular weight excluding hydrogens is 424 g/mol. The highest BCUT2D eigenvalue weighted by molar-refractivity contribution is 6.31. The summed E-state index contributed by atoms with van der Waals surface area (Å²) in [7, 11) is 0. The number of rotatable bonds is 5. The summed E-state index contributed by atoms with van der Waals surface area (Å²) < 4.78 is 7.73. The third-order valence-corrected chi connectivity index (χ3v) is 6.03. The van der Waals surface area contributed by atoms with E-state index < -0.39 is 5.60 Å². The number of amides is 1. The van der Waals surface area contributed by atoms with Gasteiger partial charge in [-0.25, -0.2) is 9.78 Å². The zero-order valence-electron chi connectivity index (χ0n) is 19.0. The number of carbonyl (C=O) groups excluding carboxylic acids is 1. The molecule has 1 atom stereocenters. The normalized spacial score (nSPS) is 16.9. The number of likely N-dealkylation sites (tertiary alicyclic amines) is 1. The number of fused-ring (bicyclic) bond motifs is 1. The van der Waals surface area contributed by atoms with Gasteiger partial charge in [-0.05, 0) is 63.3 Å². The van der Waals surface area contributed by atoms with Crippen molar-refractivity contribution in [1.29, 1.82) is 0 Å². The van der Waals surface area contributed by atoms with E-state index in [0.29, 0.717) is 19.0 Å². The van der Waals surface area contributed by atoms with Crippen molar-refractivity contribution in [1.82, 2.24) is 14.5 Å². The average Bonchev–Trinajstić information content (AvgIpc) is 3.10. The molecule has 0 bridgehead atoms. The van der Waals surface area contributed by atoms with Crippen LogP contribution in [0.4, 0.5) is 10.7 Å². The van der Waals surface area contributed by atoms with Crippen LogP contribution < -0.4 is 5.32 Å². The number of benzene rings is 2. The Balaban J connectivity index is 1.48. The molecule has 0 aliphatic carbocycles. The molecule has 0 saturated carbocycles. The highest BCUT2D eigenvalue weighted by Crippen LogP contribution is 2.25. The largest absolute Gasteiger partial charge is 0.444 e. The fourth-order valence-corrected chi connectivity index (χ4v) is 4.32. The van der Waals surface area contributed by atoms with Crippen molar-refractivity contribution in [2.24, 2.45) is 5.92 Å². The van der Waals surface area contributed by atoms with E-state index in [9.17, 15) is 4.79 Å². The van der Waals surface area contributed by atoms with Gasteiger partial charge in [-0.1, -0.05) is 41.9 Å². The van der Waals surface area contributed by atoms with Gasteiger partial charge in [0.1, 0.15) is 5.60 Å². The molecule has 3 aromatic rings. The molecule has 32 heavy (non-hydrogen) atoms. The quantitative estimate of drug-likeness (QED) is 0.529. The first-order valence-electron chi connectivity index (χ1n) is 11.2.